The van der Waals surface area contributed by atoms with E-state index < -0.39 is 10.0 Å². The second kappa shape index (κ2) is 7.00. The highest BCUT2D eigenvalue weighted by atomic mass is 35.5. The molecule has 8 heteroatoms. The Hall–Kier alpha value is -1.93. The number of nitrogens with one attached hydrogen (secondary N) is 1. The molecule has 0 unspecified atom stereocenters. The number of halogens is 1. The maximum absolute atomic E-state index is 12.7. The molecule has 0 bridgehead atoms. The Morgan fingerprint density at radius 2 is 1.85 bits per heavy atom. The zero-order chi connectivity index (χ0) is 19.1. The molecule has 0 saturated heterocycles. The Morgan fingerprint density at radius 1 is 1.15 bits per heavy atom. The Labute approximate surface area is 161 Å². The first-order chi connectivity index (χ1) is 12.2. The number of thiophene rings is 1. The van der Waals surface area contributed by atoms with Gasteiger partial charge in [-0.15, -0.1) is 11.3 Å². The van der Waals surface area contributed by atoms with E-state index in [9.17, 15) is 13.2 Å². The van der Waals surface area contributed by atoms with Gasteiger partial charge in [0.15, 0.2) is 0 Å². The molecule has 0 saturated carbocycles. The lowest BCUT2D eigenvalue weighted by Gasteiger charge is -2.14. The van der Waals surface area contributed by atoms with Gasteiger partial charge < -0.3 is 5.32 Å². The van der Waals surface area contributed by atoms with Crippen LogP contribution in [0.1, 0.15) is 15.2 Å². The summed E-state index contributed by atoms with van der Waals surface area (Å²) in [5.74, 6) is -0.362. The van der Waals surface area contributed by atoms with E-state index in [4.69, 9.17) is 11.6 Å². The summed E-state index contributed by atoms with van der Waals surface area (Å²) in [6, 6.07) is 12.2. The maximum Gasteiger partial charge on any atom is 0.267 e. The lowest BCUT2D eigenvalue weighted by molar-refractivity contribution is 0.103. The van der Waals surface area contributed by atoms with Crippen LogP contribution in [0.2, 0.25) is 5.02 Å². The van der Waals surface area contributed by atoms with Crippen LogP contribution in [-0.2, 0) is 10.0 Å². The van der Waals surface area contributed by atoms with E-state index in [1.807, 2.05) is 24.3 Å². The van der Waals surface area contributed by atoms with Gasteiger partial charge in [0.1, 0.15) is 4.88 Å². The van der Waals surface area contributed by atoms with E-state index >= 15 is 0 Å². The van der Waals surface area contributed by atoms with Crippen LogP contribution >= 0.6 is 22.9 Å². The van der Waals surface area contributed by atoms with Crippen LogP contribution in [-0.4, -0.2) is 32.7 Å². The van der Waals surface area contributed by atoms with Crippen molar-refractivity contribution in [2.45, 2.75) is 11.8 Å². The summed E-state index contributed by atoms with van der Waals surface area (Å²) in [5.41, 5.74) is 1.19. The van der Waals surface area contributed by atoms with Crippen molar-refractivity contribution in [3.05, 3.63) is 57.9 Å². The average molecular weight is 409 g/mol. The number of nitrogens with zero attached hydrogens (tertiary/aromatic N) is 1. The van der Waals surface area contributed by atoms with E-state index in [0.29, 0.717) is 15.6 Å². The Bertz CT molecular complexity index is 1100. The molecule has 136 valence electrons. The molecule has 2 aromatic carbocycles. The molecular weight excluding hydrogens is 392 g/mol. The molecule has 0 atom stereocenters. The van der Waals surface area contributed by atoms with Crippen LogP contribution in [0.15, 0.2) is 47.4 Å². The van der Waals surface area contributed by atoms with Crippen molar-refractivity contribution < 1.29 is 13.2 Å². The first-order valence-electron chi connectivity index (χ1n) is 7.73. The van der Waals surface area contributed by atoms with E-state index in [1.54, 1.807) is 13.0 Å². The highest BCUT2D eigenvalue weighted by Gasteiger charge is 2.21. The number of anilines is 1. The summed E-state index contributed by atoms with van der Waals surface area (Å²) in [6.07, 6.45) is 0. The van der Waals surface area contributed by atoms with Crippen LogP contribution in [0, 0.1) is 6.92 Å². The van der Waals surface area contributed by atoms with E-state index in [2.05, 4.69) is 5.32 Å². The van der Waals surface area contributed by atoms with Crippen LogP contribution in [0.5, 0.6) is 0 Å². The summed E-state index contributed by atoms with van der Waals surface area (Å²) >= 11 is 7.65. The fraction of sp³-hybridized carbons (Fsp3) is 0.167. The third-order valence-electron chi connectivity index (χ3n) is 3.98. The summed E-state index contributed by atoms with van der Waals surface area (Å²) < 4.78 is 26.7. The van der Waals surface area contributed by atoms with Gasteiger partial charge in [0.25, 0.3) is 5.91 Å². The predicted octanol–water partition coefficient (Wildman–Crippen LogP) is 4.37. The van der Waals surface area contributed by atoms with Crippen LogP contribution in [0.3, 0.4) is 0 Å². The number of hydrogen-bond donors (Lipinski definition) is 1. The Morgan fingerprint density at radius 3 is 2.50 bits per heavy atom. The normalized spacial score (nSPS) is 11.9. The summed E-state index contributed by atoms with van der Waals surface area (Å²) in [6.45, 7) is 1.80. The fourth-order valence-corrected chi connectivity index (χ4v) is 4.79. The van der Waals surface area contributed by atoms with Crippen molar-refractivity contribution in [3.8, 4) is 0 Å². The van der Waals surface area contributed by atoms with Gasteiger partial charge in [0, 0.05) is 29.9 Å². The zero-order valence-electron chi connectivity index (χ0n) is 14.4. The van der Waals surface area contributed by atoms with E-state index in [-0.39, 0.29) is 10.8 Å². The average Bonchev–Trinajstić information content (AvgIpc) is 2.94. The second-order valence-corrected chi connectivity index (χ2v) is 9.54. The van der Waals surface area contributed by atoms with E-state index in [1.165, 1.54) is 37.6 Å². The highest BCUT2D eigenvalue weighted by Crippen LogP contribution is 2.35. The largest absolute Gasteiger partial charge is 0.321 e. The smallest absolute Gasteiger partial charge is 0.267 e. The minimum atomic E-state index is -3.59. The molecule has 0 fully saturated rings. The molecule has 1 amide bonds. The second-order valence-electron chi connectivity index (χ2n) is 5.96. The number of sulfonamides is 1. The number of amides is 1. The van der Waals surface area contributed by atoms with Gasteiger partial charge in [0.05, 0.1) is 9.92 Å². The minimum absolute atomic E-state index is 0.117. The van der Waals surface area contributed by atoms with E-state index in [0.717, 1.165) is 20.0 Å². The number of carbonyl (C=O) groups excluding carboxylic acids is 1. The molecule has 5 nitrogen and oxygen atoms in total. The van der Waals surface area contributed by atoms with Gasteiger partial charge in [-0.1, -0.05) is 35.9 Å². The third kappa shape index (κ3) is 3.35. The number of carbonyl (C=O) groups is 1. The van der Waals surface area contributed by atoms with Crippen molar-refractivity contribution in [2.24, 2.45) is 0 Å². The van der Waals surface area contributed by atoms with Crippen LogP contribution < -0.4 is 5.32 Å². The topological polar surface area (TPSA) is 66.5 Å². The van der Waals surface area contributed by atoms with Crippen molar-refractivity contribution >= 4 is 54.6 Å². The lowest BCUT2D eigenvalue weighted by Crippen LogP contribution is -2.22. The SMILES string of the molecule is Cc1ccc(S(=O)(=O)N(C)C)cc1NC(=O)c1sc2ccccc2c1Cl. The molecule has 26 heavy (non-hydrogen) atoms. The molecular formula is C18H17ClN2O3S2. The molecule has 1 N–H and O–H groups in total. The standard InChI is InChI=1S/C18H17ClN2O3S2/c1-11-8-9-12(26(23,24)21(2)3)10-14(11)20-18(22)17-16(19)13-6-4-5-7-15(13)25-17/h4-10H,1-3H3,(H,20,22). The van der Waals surface area contributed by atoms with Gasteiger partial charge >= 0.3 is 0 Å². The summed E-state index contributed by atoms with van der Waals surface area (Å²) in [5, 5.41) is 4.01. The van der Waals surface area contributed by atoms with Gasteiger partial charge in [-0.2, -0.15) is 0 Å². The highest BCUT2D eigenvalue weighted by molar-refractivity contribution is 7.89. The molecule has 0 radical (unpaired) electrons. The van der Waals surface area contributed by atoms with Gasteiger partial charge in [-0.3, -0.25) is 4.79 Å². The monoisotopic (exact) mass is 408 g/mol. The first kappa shape index (κ1) is 18.8. The Balaban J connectivity index is 1.98. The van der Waals surface area contributed by atoms with Crippen molar-refractivity contribution in [1.82, 2.24) is 4.31 Å². The van der Waals surface area contributed by atoms with Gasteiger partial charge in [-0.25, -0.2) is 12.7 Å². The number of aryl methyl sites for hydroxylation is 1. The van der Waals surface area contributed by atoms with Crippen molar-refractivity contribution in [1.29, 1.82) is 0 Å². The van der Waals surface area contributed by atoms with Crippen molar-refractivity contribution in [3.63, 3.8) is 0 Å². The van der Waals surface area contributed by atoms with Gasteiger partial charge in [-0.05, 0) is 30.7 Å². The molecule has 1 aromatic heterocycles. The van der Waals surface area contributed by atoms with Gasteiger partial charge in [0.2, 0.25) is 10.0 Å². The third-order valence-corrected chi connectivity index (χ3v) is 7.46. The molecule has 3 rings (SSSR count). The minimum Gasteiger partial charge on any atom is -0.321 e. The molecule has 0 aliphatic carbocycles. The Kier molecular flexibility index (Phi) is 5.07. The number of hydrogen-bond acceptors (Lipinski definition) is 4. The molecule has 1 heterocycles. The van der Waals surface area contributed by atoms with Crippen molar-refractivity contribution in [2.75, 3.05) is 19.4 Å². The van der Waals surface area contributed by atoms with Crippen LogP contribution in [0.4, 0.5) is 5.69 Å². The predicted molar refractivity (Wildman–Crippen MR) is 107 cm³/mol. The summed E-state index contributed by atoms with van der Waals surface area (Å²) in [4.78, 5) is 13.2. The molecule has 3 aromatic rings. The first-order valence-corrected chi connectivity index (χ1v) is 10.4. The quantitative estimate of drug-likeness (QED) is 0.697. The number of rotatable bonds is 4. The molecule has 0 spiro atoms. The van der Waals surface area contributed by atoms with Crippen LogP contribution in [0.25, 0.3) is 10.1 Å². The fourth-order valence-electron chi connectivity index (χ4n) is 2.45. The maximum atomic E-state index is 12.7. The lowest BCUT2D eigenvalue weighted by atomic mass is 10.2. The summed E-state index contributed by atoms with van der Waals surface area (Å²) in [7, 11) is -0.661. The molecule has 0 aliphatic heterocycles. The number of fused-ring (bicyclic) bond motifs is 1. The zero-order valence-corrected chi connectivity index (χ0v) is 16.8. The molecule has 0 aliphatic rings. The number of benzene rings is 2.